The van der Waals surface area contributed by atoms with Gasteiger partial charge in [-0.25, -0.2) is 19.0 Å². The molecular weight excluding hydrogens is 494 g/mol. The zero-order chi connectivity index (χ0) is 27.1. The Kier molecular flexibility index (Phi) is 6.48. The summed E-state index contributed by atoms with van der Waals surface area (Å²) in [6.45, 7) is 6.56. The summed E-state index contributed by atoms with van der Waals surface area (Å²) < 4.78 is 17.0. The van der Waals surface area contributed by atoms with Crippen LogP contribution in [0.25, 0.3) is 33.1 Å². The predicted octanol–water partition coefficient (Wildman–Crippen LogP) is 5.88. The first kappa shape index (κ1) is 25.3. The topological polar surface area (TPSA) is 96.3 Å². The lowest BCUT2D eigenvalue weighted by Gasteiger charge is -2.23. The molecule has 0 saturated carbocycles. The van der Waals surface area contributed by atoms with Crippen LogP contribution in [-0.4, -0.2) is 47.3 Å². The number of nitrogens with zero attached hydrogens (tertiary/aromatic N) is 5. The van der Waals surface area contributed by atoms with Gasteiger partial charge in [0.1, 0.15) is 5.60 Å². The van der Waals surface area contributed by atoms with E-state index in [0.29, 0.717) is 17.8 Å². The Morgan fingerprint density at radius 3 is 2.79 bits per heavy atom. The summed E-state index contributed by atoms with van der Waals surface area (Å²) in [6, 6.07) is 14.0. The van der Waals surface area contributed by atoms with E-state index in [1.54, 1.807) is 0 Å². The normalized spacial score (nSPS) is 16.3. The zero-order valence-electron chi connectivity index (χ0n) is 22.5. The van der Waals surface area contributed by atoms with Gasteiger partial charge >= 0.3 is 6.09 Å². The number of imidazole rings is 1. The van der Waals surface area contributed by atoms with Gasteiger partial charge in [0.2, 0.25) is 0 Å². The van der Waals surface area contributed by atoms with E-state index >= 15 is 0 Å². The van der Waals surface area contributed by atoms with E-state index in [1.807, 2.05) is 79.1 Å². The Balaban J connectivity index is 1.29. The largest absolute Gasteiger partial charge is 0.443 e. The number of benzene rings is 2. The highest BCUT2D eigenvalue weighted by atomic mass is 16.6. The second-order valence-electron chi connectivity index (χ2n) is 11.1. The minimum Gasteiger partial charge on any atom is -0.443 e. The number of fused-ring (bicyclic) bond motifs is 2. The van der Waals surface area contributed by atoms with Crippen molar-refractivity contribution >= 4 is 27.9 Å². The molecule has 1 atom stereocenters. The molecule has 0 spiro atoms. The highest BCUT2D eigenvalue weighted by Crippen LogP contribution is 2.32. The van der Waals surface area contributed by atoms with Gasteiger partial charge in [0.15, 0.2) is 6.23 Å². The molecule has 0 radical (unpaired) electrons. The van der Waals surface area contributed by atoms with Gasteiger partial charge in [-0.05, 0) is 63.8 Å². The van der Waals surface area contributed by atoms with Crippen LogP contribution >= 0.6 is 0 Å². The maximum absolute atomic E-state index is 13.0. The third-order valence-electron chi connectivity index (χ3n) is 7.03. The minimum atomic E-state index is -0.645. The van der Waals surface area contributed by atoms with Crippen LogP contribution in [0.3, 0.4) is 0 Å². The molecule has 9 nitrogen and oxygen atoms in total. The predicted molar refractivity (Wildman–Crippen MR) is 148 cm³/mol. The molecule has 39 heavy (non-hydrogen) atoms. The van der Waals surface area contributed by atoms with Crippen LogP contribution in [0.2, 0.25) is 0 Å². The number of aliphatic hydroxyl groups excluding tert-OH is 1. The van der Waals surface area contributed by atoms with Crippen molar-refractivity contribution in [1.29, 1.82) is 0 Å². The molecule has 5 aromatic rings. The van der Waals surface area contributed by atoms with Crippen molar-refractivity contribution in [2.24, 2.45) is 0 Å². The van der Waals surface area contributed by atoms with Crippen LogP contribution in [0.5, 0.6) is 0 Å². The van der Waals surface area contributed by atoms with E-state index in [4.69, 9.17) is 14.5 Å². The van der Waals surface area contributed by atoms with E-state index in [0.717, 1.165) is 59.0 Å². The summed E-state index contributed by atoms with van der Waals surface area (Å²) >= 11 is 0. The number of hydrogen-bond donors (Lipinski definition) is 1. The van der Waals surface area contributed by atoms with Crippen molar-refractivity contribution in [2.75, 3.05) is 6.61 Å². The fraction of sp³-hybridized carbons (Fsp3) is 0.367. The van der Waals surface area contributed by atoms with Gasteiger partial charge in [-0.1, -0.05) is 24.3 Å². The SMILES string of the molecule is CC(C)(C)OC(=O)n1c(CO)cc2ccc(Cn3cnc(-c4cccc5c4cnn5C4CCCCO4)c3)cc21. The molecule has 0 aliphatic carbocycles. The van der Waals surface area contributed by atoms with E-state index in [2.05, 4.69) is 17.2 Å². The minimum absolute atomic E-state index is 0.0232. The maximum atomic E-state index is 13.0. The molecule has 0 amide bonds. The second kappa shape index (κ2) is 9.98. The number of carbonyl (C=O) groups is 1. The fourth-order valence-corrected chi connectivity index (χ4v) is 5.28. The average molecular weight is 528 g/mol. The molecule has 6 rings (SSSR count). The lowest BCUT2D eigenvalue weighted by Crippen LogP contribution is -2.28. The number of rotatable bonds is 5. The van der Waals surface area contributed by atoms with Gasteiger partial charge < -0.3 is 19.1 Å². The van der Waals surface area contributed by atoms with Crippen molar-refractivity contribution in [2.45, 2.75) is 65.0 Å². The standard InChI is InChI=1S/C30H33N5O4/c1-30(2,3)39-29(37)34-22(18-36)14-21-11-10-20(13-27(21)34)16-33-17-25(31-19-33)23-7-6-8-26-24(23)15-32-35(26)28-9-4-5-12-38-28/h6-8,10-11,13-15,17,19,28,36H,4-5,9,12,16,18H2,1-3H3. The molecule has 2 aromatic carbocycles. The van der Waals surface area contributed by atoms with Crippen LogP contribution in [0.4, 0.5) is 4.79 Å². The summed E-state index contributed by atoms with van der Waals surface area (Å²) in [5.74, 6) is 0. The van der Waals surface area contributed by atoms with E-state index < -0.39 is 11.7 Å². The molecule has 202 valence electrons. The van der Waals surface area contributed by atoms with E-state index in [1.165, 1.54) is 4.57 Å². The van der Waals surface area contributed by atoms with Crippen molar-refractivity contribution in [3.63, 3.8) is 0 Å². The molecule has 4 heterocycles. The lowest BCUT2D eigenvalue weighted by atomic mass is 10.1. The van der Waals surface area contributed by atoms with Gasteiger partial charge in [0.05, 0.1) is 41.6 Å². The molecule has 1 saturated heterocycles. The Bertz CT molecular complexity index is 1650. The van der Waals surface area contributed by atoms with Gasteiger partial charge in [0, 0.05) is 35.7 Å². The second-order valence-corrected chi connectivity index (χ2v) is 11.1. The Morgan fingerprint density at radius 2 is 2.03 bits per heavy atom. The molecule has 1 fully saturated rings. The smallest absolute Gasteiger partial charge is 0.419 e. The van der Waals surface area contributed by atoms with Crippen molar-refractivity contribution in [3.8, 4) is 11.3 Å². The molecule has 0 bridgehead atoms. The van der Waals surface area contributed by atoms with Crippen LogP contribution in [0.1, 0.15) is 57.5 Å². The van der Waals surface area contributed by atoms with Crippen LogP contribution in [-0.2, 0) is 22.6 Å². The molecule has 9 heteroatoms. The molecule has 3 aromatic heterocycles. The molecular formula is C30H33N5O4. The summed E-state index contributed by atoms with van der Waals surface area (Å²) in [5, 5.41) is 16.5. The first-order valence-corrected chi connectivity index (χ1v) is 13.4. The fourth-order valence-electron chi connectivity index (χ4n) is 5.28. The van der Waals surface area contributed by atoms with E-state index in [9.17, 15) is 9.90 Å². The summed E-state index contributed by atoms with van der Waals surface area (Å²) in [6.07, 6.45) is 8.43. The van der Waals surface area contributed by atoms with Crippen molar-refractivity contribution < 1.29 is 19.4 Å². The zero-order valence-corrected chi connectivity index (χ0v) is 22.5. The van der Waals surface area contributed by atoms with Crippen LogP contribution < -0.4 is 0 Å². The maximum Gasteiger partial charge on any atom is 0.419 e. The third kappa shape index (κ3) is 4.95. The lowest BCUT2D eigenvalue weighted by molar-refractivity contribution is -0.0366. The summed E-state index contributed by atoms with van der Waals surface area (Å²) in [5.41, 5.74) is 4.48. The van der Waals surface area contributed by atoms with Gasteiger partial charge in [-0.15, -0.1) is 0 Å². The number of hydrogen-bond acceptors (Lipinski definition) is 6. The van der Waals surface area contributed by atoms with Gasteiger partial charge in [-0.2, -0.15) is 5.10 Å². The van der Waals surface area contributed by atoms with Crippen LogP contribution in [0, 0.1) is 0 Å². The molecule has 1 unspecified atom stereocenters. The van der Waals surface area contributed by atoms with E-state index in [-0.39, 0.29) is 12.8 Å². The number of ether oxygens (including phenoxy) is 2. The van der Waals surface area contributed by atoms with Crippen LogP contribution in [0.15, 0.2) is 61.2 Å². The quantitative estimate of drug-likeness (QED) is 0.307. The molecule has 1 N–H and O–H groups in total. The Morgan fingerprint density at radius 1 is 1.15 bits per heavy atom. The Labute approximate surface area is 226 Å². The first-order valence-electron chi connectivity index (χ1n) is 13.4. The number of aromatic nitrogens is 5. The van der Waals surface area contributed by atoms with Gasteiger partial charge in [0.25, 0.3) is 0 Å². The first-order chi connectivity index (χ1) is 18.8. The summed E-state index contributed by atoms with van der Waals surface area (Å²) in [7, 11) is 0. The monoisotopic (exact) mass is 527 g/mol. The summed E-state index contributed by atoms with van der Waals surface area (Å²) in [4.78, 5) is 17.7. The molecule has 1 aliphatic rings. The number of carbonyl (C=O) groups excluding carboxylic acids is 1. The molecule has 1 aliphatic heterocycles. The van der Waals surface area contributed by atoms with Crippen molar-refractivity contribution in [1.82, 2.24) is 23.9 Å². The average Bonchev–Trinajstić information content (AvgIpc) is 3.64. The third-order valence-corrected chi connectivity index (χ3v) is 7.03. The Hall–Kier alpha value is -3.95. The highest BCUT2D eigenvalue weighted by molar-refractivity contribution is 5.94. The van der Waals surface area contributed by atoms with Crippen molar-refractivity contribution in [3.05, 3.63) is 72.4 Å². The highest BCUT2D eigenvalue weighted by Gasteiger charge is 2.23. The van der Waals surface area contributed by atoms with Gasteiger partial charge in [-0.3, -0.25) is 0 Å². The number of aliphatic hydroxyl groups is 1.